The fourth-order valence-corrected chi connectivity index (χ4v) is 3.26. The van der Waals surface area contributed by atoms with E-state index in [9.17, 15) is 13.6 Å². The Morgan fingerprint density at radius 1 is 1.04 bits per heavy atom. The number of hydrogen-bond acceptors (Lipinski definition) is 3. The third-order valence-electron chi connectivity index (χ3n) is 4.42. The van der Waals surface area contributed by atoms with E-state index in [4.69, 9.17) is 11.6 Å². The van der Waals surface area contributed by atoms with Gasteiger partial charge in [-0.25, -0.2) is 8.78 Å². The largest absolute Gasteiger partial charge is 0.382 e. The molecule has 2 aromatic carbocycles. The van der Waals surface area contributed by atoms with Gasteiger partial charge in [0.1, 0.15) is 11.6 Å². The van der Waals surface area contributed by atoms with Gasteiger partial charge in [-0.2, -0.15) is 0 Å². The molecule has 3 rings (SSSR count). The van der Waals surface area contributed by atoms with Crippen molar-refractivity contribution in [2.45, 2.75) is 18.9 Å². The standard InChI is InChI=1S/C19H20ClF2N3O.2ClH/c1-25-6-4-14(5-7-25)23-15-8-13(22)9-16(11-15)24-19(26)17-3-2-12(21)10-18(17)20;;/h2-3,8-11,14,23H,4-7H2,1H3,(H,24,26);2*1H. The molecule has 0 bridgehead atoms. The van der Waals surface area contributed by atoms with E-state index in [0.29, 0.717) is 11.4 Å². The Bertz CT molecular complexity index is 815. The number of nitrogens with one attached hydrogen (secondary N) is 2. The Kier molecular flexibility index (Phi) is 9.44. The van der Waals surface area contributed by atoms with E-state index in [1.54, 1.807) is 6.07 Å². The van der Waals surface area contributed by atoms with E-state index in [-0.39, 0.29) is 41.4 Å². The van der Waals surface area contributed by atoms with Gasteiger partial charge < -0.3 is 15.5 Å². The first-order valence-electron chi connectivity index (χ1n) is 8.43. The molecule has 0 unspecified atom stereocenters. The number of piperidine rings is 1. The monoisotopic (exact) mass is 451 g/mol. The van der Waals surface area contributed by atoms with E-state index < -0.39 is 17.5 Å². The molecule has 1 heterocycles. The second kappa shape index (κ2) is 10.8. The van der Waals surface area contributed by atoms with Crippen molar-refractivity contribution in [3.8, 4) is 0 Å². The summed E-state index contributed by atoms with van der Waals surface area (Å²) in [6.45, 7) is 1.97. The molecule has 1 amide bonds. The van der Waals surface area contributed by atoms with Gasteiger partial charge in [0.15, 0.2) is 0 Å². The Labute approximate surface area is 180 Å². The molecule has 154 valence electrons. The van der Waals surface area contributed by atoms with Crippen LogP contribution in [-0.2, 0) is 0 Å². The maximum atomic E-state index is 14.0. The van der Waals surface area contributed by atoms with Gasteiger partial charge in [0.25, 0.3) is 5.91 Å². The Balaban J connectivity index is 0.00000196. The van der Waals surface area contributed by atoms with Crippen LogP contribution in [0, 0.1) is 11.6 Å². The second-order valence-corrected chi connectivity index (χ2v) is 6.94. The van der Waals surface area contributed by atoms with Crippen molar-refractivity contribution in [3.63, 3.8) is 0 Å². The number of carbonyl (C=O) groups is 1. The van der Waals surface area contributed by atoms with Crippen molar-refractivity contribution in [3.05, 3.63) is 58.6 Å². The van der Waals surface area contributed by atoms with Crippen LogP contribution in [0.25, 0.3) is 0 Å². The van der Waals surface area contributed by atoms with Gasteiger partial charge in [-0.1, -0.05) is 11.6 Å². The molecule has 9 heteroatoms. The summed E-state index contributed by atoms with van der Waals surface area (Å²) < 4.78 is 27.1. The average Bonchev–Trinajstić information content (AvgIpc) is 2.56. The van der Waals surface area contributed by atoms with Gasteiger partial charge in [-0.05, 0) is 69.4 Å². The number of carbonyl (C=O) groups excluding carboxylic acids is 1. The maximum absolute atomic E-state index is 14.0. The minimum Gasteiger partial charge on any atom is -0.382 e. The normalized spacial score (nSPS) is 14.6. The van der Waals surface area contributed by atoms with Crippen LogP contribution in [0.5, 0.6) is 0 Å². The molecule has 0 aliphatic carbocycles. The van der Waals surface area contributed by atoms with Gasteiger partial charge in [-0.3, -0.25) is 4.79 Å². The van der Waals surface area contributed by atoms with Crippen LogP contribution < -0.4 is 10.6 Å². The lowest BCUT2D eigenvalue weighted by atomic mass is 10.1. The summed E-state index contributed by atoms with van der Waals surface area (Å²) in [5.74, 6) is -1.50. The Hall–Kier alpha value is -1.60. The quantitative estimate of drug-likeness (QED) is 0.668. The molecule has 1 fully saturated rings. The van der Waals surface area contributed by atoms with Crippen LogP contribution in [-0.4, -0.2) is 37.0 Å². The van der Waals surface area contributed by atoms with Gasteiger partial charge in [0, 0.05) is 17.4 Å². The Morgan fingerprint density at radius 3 is 2.32 bits per heavy atom. The zero-order chi connectivity index (χ0) is 18.7. The topological polar surface area (TPSA) is 44.4 Å². The number of anilines is 2. The third kappa shape index (κ3) is 6.48. The molecule has 1 aliphatic heterocycles. The van der Waals surface area contributed by atoms with Crippen molar-refractivity contribution in [2.75, 3.05) is 30.8 Å². The van der Waals surface area contributed by atoms with Gasteiger partial charge in [-0.15, -0.1) is 24.8 Å². The first-order chi connectivity index (χ1) is 12.4. The van der Waals surface area contributed by atoms with Gasteiger partial charge >= 0.3 is 0 Å². The van der Waals surface area contributed by atoms with Crippen LogP contribution in [0.1, 0.15) is 23.2 Å². The summed E-state index contributed by atoms with van der Waals surface area (Å²) in [7, 11) is 2.08. The van der Waals surface area contributed by atoms with Crippen molar-refractivity contribution in [1.82, 2.24) is 4.90 Å². The molecule has 0 radical (unpaired) electrons. The predicted molar refractivity (Wildman–Crippen MR) is 114 cm³/mol. The molecular weight excluding hydrogens is 431 g/mol. The lowest BCUT2D eigenvalue weighted by molar-refractivity contribution is 0.102. The highest BCUT2D eigenvalue weighted by molar-refractivity contribution is 6.34. The highest BCUT2D eigenvalue weighted by Gasteiger charge is 2.17. The zero-order valence-electron chi connectivity index (χ0n) is 15.2. The van der Waals surface area contributed by atoms with Crippen molar-refractivity contribution in [2.24, 2.45) is 0 Å². The molecule has 0 atom stereocenters. The lowest BCUT2D eigenvalue weighted by Gasteiger charge is -2.30. The molecular formula is C19H22Cl3F2N3O. The second-order valence-electron chi connectivity index (χ2n) is 6.53. The minimum absolute atomic E-state index is 0. The van der Waals surface area contributed by atoms with Crippen LogP contribution in [0.15, 0.2) is 36.4 Å². The fraction of sp³-hybridized carbons (Fsp3) is 0.316. The van der Waals surface area contributed by atoms with E-state index in [1.165, 1.54) is 18.2 Å². The number of nitrogens with zero attached hydrogens (tertiary/aromatic N) is 1. The summed E-state index contributed by atoms with van der Waals surface area (Å²) in [6.07, 6.45) is 1.94. The molecule has 4 nitrogen and oxygen atoms in total. The molecule has 0 spiro atoms. The zero-order valence-corrected chi connectivity index (χ0v) is 17.6. The van der Waals surface area contributed by atoms with Crippen molar-refractivity contribution in [1.29, 1.82) is 0 Å². The summed E-state index contributed by atoms with van der Waals surface area (Å²) in [5, 5.41) is 5.93. The van der Waals surface area contributed by atoms with Crippen LogP contribution in [0.3, 0.4) is 0 Å². The number of hydrogen-bond donors (Lipinski definition) is 2. The van der Waals surface area contributed by atoms with Crippen molar-refractivity contribution < 1.29 is 13.6 Å². The summed E-state index contributed by atoms with van der Waals surface area (Å²) >= 11 is 5.90. The number of rotatable bonds is 4. The highest BCUT2D eigenvalue weighted by Crippen LogP contribution is 2.23. The first kappa shape index (κ1) is 24.4. The molecule has 28 heavy (non-hydrogen) atoms. The van der Waals surface area contributed by atoms with E-state index in [1.807, 2.05) is 0 Å². The lowest BCUT2D eigenvalue weighted by Crippen LogP contribution is -2.36. The molecule has 2 N–H and O–H groups in total. The average molecular weight is 453 g/mol. The predicted octanol–water partition coefficient (Wildman–Crippen LogP) is 5.22. The summed E-state index contributed by atoms with van der Waals surface area (Å²) in [4.78, 5) is 14.6. The SMILES string of the molecule is CN1CCC(Nc2cc(F)cc(NC(=O)c3ccc(F)cc3Cl)c2)CC1.Cl.Cl. The van der Waals surface area contributed by atoms with Crippen LogP contribution in [0.4, 0.5) is 20.2 Å². The van der Waals surface area contributed by atoms with Crippen LogP contribution in [0.2, 0.25) is 5.02 Å². The summed E-state index contributed by atoms with van der Waals surface area (Å²) in [5.41, 5.74) is 1.05. The fourth-order valence-electron chi connectivity index (χ4n) is 3.01. The van der Waals surface area contributed by atoms with Crippen LogP contribution >= 0.6 is 36.4 Å². The smallest absolute Gasteiger partial charge is 0.257 e. The van der Waals surface area contributed by atoms with Gasteiger partial charge in [0.05, 0.1) is 10.6 Å². The maximum Gasteiger partial charge on any atom is 0.257 e. The molecule has 0 saturated carbocycles. The number of likely N-dealkylation sites (tertiary alicyclic amines) is 1. The summed E-state index contributed by atoms with van der Waals surface area (Å²) in [6, 6.07) is 8.09. The number of halogens is 5. The number of benzene rings is 2. The van der Waals surface area contributed by atoms with E-state index in [2.05, 4.69) is 22.6 Å². The van der Waals surface area contributed by atoms with E-state index >= 15 is 0 Å². The molecule has 2 aromatic rings. The first-order valence-corrected chi connectivity index (χ1v) is 8.80. The van der Waals surface area contributed by atoms with E-state index in [0.717, 1.165) is 38.1 Å². The minimum atomic E-state index is -0.526. The number of amides is 1. The molecule has 1 saturated heterocycles. The van der Waals surface area contributed by atoms with Crippen molar-refractivity contribution >= 4 is 53.7 Å². The molecule has 1 aliphatic rings. The van der Waals surface area contributed by atoms with Gasteiger partial charge in [0.2, 0.25) is 0 Å². The Morgan fingerprint density at radius 2 is 1.68 bits per heavy atom. The third-order valence-corrected chi connectivity index (χ3v) is 4.73. The highest BCUT2D eigenvalue weighted by atomic mass is 35.5. The molecule has 0 aromatic heterocycles.